The minimum absolute atomic E-state index is 0. The molecule has 94 valence electrons. The van der Waals surface area contributed by atoms with Crippen LogP contribution in [0.1, 0.15) is 5.56 Å². The second-order valence-electron chi connectivity index (χ2n) is 3.92. The molecule has 1 aliphatic heterocycles. The number of amides is 1. The summed E-state index contributed by atoms with van der Waals surface area (Å²) >= 11 is 0. The third kappa shape index (κ3) is 4.00. The number of hydrogen-bond donors (Lipinski definition) is 2. The van der Waals surface area contributed by atoms with Crippen molar-refractivity contribution in [3.8, 4) is 0 Å². The van der Waals surface area contributed by atoms with Crippen LogP contribution in [0.5, 0.6) is 0 Å². The number of rotatable bonds is 2. The van der Waals surface area contributed by atoms with Gasteiger partial charge in [0.1, 0.15) is 6.10 Å². The number of nitrogens with one attached hydrogen (secondary N) is 2. The lowest BCUT2D eigenvalue weighted by atomic mass is 10.2. The molecule has 5 heteroatoms. The Morgan fingerprint density at radius 1 is 1.53 bits per heavy atom. The van der Waals surface area contributed by atoms with E-state index >= 15 is 0 Å². The van der Waals surface area contributed by atoms with Gasteiger partial charge < -0.3 is 15.4 Å². The highest BCUT2D eigenvalue weighted by molar-refractivity contribution is 5.94. The van der Waals surface area contributed by atoms with Crippen molar-refractivity contribution in [3.63, 3.8) is 0 Å². The van der Waals surface area contributed by atoms with Crippen LogP contribution in [-0.4, -0.2) is 31.7 Å². The highest BCUT2D eigenvalue weighted by Gasteiger charge is 2.21. The first-order valence-corrected chi connectivity index (χ1v) is 5.45. The summed E-state index contributed by atoms with van der Waals surface area (Å²) in [6, 6.07) is 7.73. The Bertz CT molecular complexity index is 379. The van der Waals surface area contributed by atoms with Crippen LogP contribution >= 0.6 is 12.4 Å². The van der Waals surface area contributed by atoms with Gasteiger partial charge in [-0.3, -0.25) is 4.79 Å². The lowest BCUT2D eigenvalue weighted by Gasteiger charge is -2.22. The molecule has 1 aromatic rings. The third-order valence-electron chi connectivity index (χ3n) is 2.51. The van der Waals surface area contributed by atoms with E-state index in [0.29, 0.717) is 13.2 Å². The summed E-state index contributed by atoms with van der Waals surface area (Å²) in [7, 11) is 0. The smallest absolute Gasteiger partial charge is 0.254 e. The Labute approximate surface area is 107 Å². The van der Waals surface area contributed by atoms with Crippen LogP contribution in [-0.2, 0) is 9.53 Å². The number of halogens is 1. The molecule has 1 amide bonds. The van der Waals surface area contributed by atoms with Crippen molar-refractivity contribution in [2.75, 3.05) is 25.0 Å². The molecule has 0 aliphatic carbocycles. The summed E-state index contributed by atoms with van der Waals surface area (Å²) in [6.07, 6.45) is -0.380. The van der Waals surface area contributed by atoms with Gasteiger partial charge in [-0.25, -0.2) is 0 Å². The fourth-order valence-corrected chi connectivity index (χ4v) is 1.68. The monoisotopic (exact) mass is 256 g/mol. The molecule has 4 nitrogen and oxygen atoms in total. The van der Waals surface area contributed by atoms with Crippen molar-refractivity contribution in [3.05, 3.63) is 29.8 Å². The van der Waals surface area contributed by atoms with E-state index in [9.17, 15) is 4.79 Å². The first-order chi connectivity index (χ1) is 7.75. The molecule has 0 bridgehead atoms. The zero-order valence-electron chi connectivity index (χ0n) is 9.73. The average Bonchev–Trinajstić information content (AvgIpc) is 2.30. The SMILES string of the molecule is Cc1cccc(NC(=O)C2CNCCO2)c1.Cl. The van der Waals surface area contributed by atoms with E-state index < -0.39 is 0 Å². The van der Waals surface area contributed by atoms with E-state index in [-0.39, 0.29) is 24.4 Å². The van der Waals surface area contributed by atoms with Gasteiger partial charge in [-0.1, -0.05) is 12.1 Å². The Hall–Kier alpha value is -1.10. The fraction of sp³-hybridized carbons (Fsp3) is 0.417. The van der Waals surface area contributed by atoms with Gasteiger partial charge in [0.25, 0.3) is 5.91 Å². The lowest BCUT2D eigenvalue weighted by Crippen LogP contribution is -2.45. The Morgan fingerprint density at radius 3 is 3.00 bits per heavy atom. The zero-order valence-corrected chi connectivity index (χ0v) is 10.5. The second kappa shape index (κ2) is 6.59. The molecule has 0 radical (unpaired) electrons. The van der Waals surface area contributed by atoms with Gasteiger partial charge in [0.2, 0.25) is 0 Å². The summed E-state index contributed by atoms with van der Waals surface area (Å²) < 4.78 is 5.37. The normalized spacial score (nSPS) is 19.2. The van der Waals surface area contributed by atoms with E-state index in [1.54, 1.807) is 0 Å². The molecule has 0 saturated carbocycles. The van der Waals surface area contributed by atoms with Gasteiger partial charge in [0.05, 0.1) is 6.61 Å². The number of carbonyl (C=O) groups excluding carboxylic acids is 1. The van der Waals surface area contributed by atoms with E-state index in [4.69, 9.17) is 4.74 Å². The van der Waals surface area contributed by atoms with Crippen molar-refractivity contribution < 1.29 is 9.53 Å². The molecule has 0 spiro atoms. The van der Waals surface area contributed by atoms with Gasteiger partial charge >= 0.3 is 0 Å². The summed E-state index contributed by atoms with van der Waals surface area (Å²) in [5, 5.41) is 5.98. The number of carbonyl (C=O) groups is 1. The Morgan fingerprint density at radius 2 is 2.35 bits per heavy atom. The van der Waals surface area contributed by atoms with Gasteiger partial charge in [0, 0.05) is 18.8 Å². The molecule has 1 aliphatic rings. The molecule has 1 fully saturated rings. The van der Waals surface area contributed by atoms with Crippen LogP contribution in [0.15, 0.2) is 24.3 Å². The van der Waals surface area contributed by atoms with Crippen molar-refractivity contribution in [2.24, 2.45) is 0 Å². The molecular formula is C12H17ClN2O2. The molecule has 1 unspecified atom stereocenters. The van der Waals surface area contributed by atoms with Crippen LogP contribution in [0.25, 0.3) is 0 Å². The molecule has 0 aromatic heterocycles. The molecule has 1 aromatic carbocycles. The van der Waals surface area contributed by atoms with E-state index in [2.05, 4.69) is 10.6 Å². The highest BCUT2D eigenvalue weighted by Crippen LogP contribution is 2.10. The third-order valence-corrected chi connectivity index (χ3v) is 2.51. The largest absolute Gasteiger partial charge is 0.366 e. The summed E-state index contributed by atoms with van der Waals surface area (Å²) in [5.41, 5.74) is 1.94. The van der Waals surface area contributed by atoms with Gasteiger partial charge in [-0.2, -0.15) is 0 Å². The standard InChI is InChI=1S/C12H16N2O2.ClH/c1-9-3-2-4-10(7-9)14-12(15)11-8-13-5-6-16-11;/h2-4,7,11,13H,5-6,8H2,1H3,(H,14,15);1H. The quantitative estimate of drug-likeness (QED) is 0.840. The molecule has 2 rings (SSSR count). The number of ether oxygens (including phenoxy) is 1. The Balaban J connectivity index is 0.00000144. The zero-order chi connectivity index (χ0) is 11.4. The number of anilines is 1. The number of aryl methyl sites for hydroxylation is 1. The van der Waals surface area contributed by atoms with E-state index in [1.807, 2.05) is 31.2 Å². The average molecular weight is 257 g/mol. The first kappa shape index (κ1) is 14.0. The van der Waals surface area contributed by atoms with Gasteiger partial charge in [-0.15, -0.1) is 12.4 Å². The first-order valence-electron chi connectivity index (χ1n) is 5.45. The maximum absolute atomic E-state index is 11.8. The predicted molar refractivity (Wildman–Crippen MR) is 69.7 cm³/mol. The summed E-state index contributed by atoms with van der Waals surface area (Å²) in [5.74, 6) is -0.0854. The van der Waals surface area contributed by atoms with Crippen molar-refractivity contribution in [1.82, 2.24) is 5.32 Å². The lowest BCUT2D eigenvalue weighted by molar-refractivity contribution is -0.128. The maximum atomic E-state index is 11.8. The fourth-order valence-electron chi connectivity index (χ4n) is 1.68. The summed E-state index contributed by atoms with van der Waals surface area (Å²) in [6.45, 7) is 3.98. The number of benzene rings is 1. The Kier molecular flexibility index (Phi) is 5.41. The maximum Gasteiger partial charge on any atom is 0.254 e. The van der Waals surface area contributed by atoms with Crippen LogP contribution in [0.4, 0.5) is 5.69 Å². The van der Waals surface area contributed by atoms with Crippen molar-refractivity contribution in [1.29, 1.82) is 0 Å². The molecule has 1 heterocycles. The minimum Gasteiger partial charge on any atom is -0.366 e. The van der Waals surface area contributed by atoms with Crippen LogP contribution < -0.4 is 10.6 Å². The molecule has 17 heavy (non-hydrogen) atoms. The van der Waals surface area contributed by atoms with Gasteiger partial charge in [0.15, 0.2) is 0 Å². The van der Waals surface area contributed by atoms with E-state index in [1.165, 1.54) is 0 Å². The molecule has 1 saturated heterocycles. The molecule has 2 N–H and O–H groups in total. The van der Waals surface area contributed by atoms with Crippen LogP contribution in [0.2, 0.25) is 0 Å². The highest BCUT2D eigenvalue weighted by atomic mass is 35.5. The number of hydrogen-bond acceptors (Lipinski definition) is 3. The second-order valence-corrected chi connectivity index (χ2v) is 3.92. The van der Waals surface area contributed by atoms with Crippen LogP contribution in [0.3, 0.4) is 0 Å². The molecule has 1 atom stereocenters. The minimum atomic E-state index is -0.380. The van der Waals surface area contributed by atoms with Gasteiger partial charge in [-0.05, 0) is 24.6 Å². The van der Waals surface area contributed by atoms with Crippen molar-refractivity contribution >= 4 is 24.0 Å². The molecular weight excluding hydrogens is 240 g/mol. The van der Waals surface area contributed by atoms with Crippen LogP contribution in [0, 0.1) is 6.92 Å². The van der Waals surface area contributed by atoms with E-state index in [0.717, 1.165) is 17.8 Å². The number of morpholine rings is 1. The summed E-state index contributed by atoms with van der Waals surface area (Å²) in [4.78, 5) is 11.8. The van der Waals surface area contributed by atoms with Crippen molar-refractivity contribution in [2.45, 2.75) is 13.0 Å². The topological polar surface area (TPSA) is 50.4 Å². The predicted octanol–water partition coefficient (Wildman–Crippen LogP) is 1.34.